The van der Waals surface area contributed by atoms with Gasteiger partial charge in [0.1, 0.15) is 5.75 Å². The second-order valence-electron chi connectivity index (χ2n) is 6.77. The standard InChI is InChI=1S/C17H28BrFO2Si/c1-11(2)22(12(3)4,13(5)6)21-17-14(7-8-20)9-15(18)10-16(17)19/h9-13,20H,7-8H2,1-6H3. The lowest BCUT2D eigenvalue weighted by atomic mass is 10.1. The first-order valence-electron chi connectivity index (χ1n) is 7.94. The van der Waals surface area contributed by atoms with E-state index in [2.05, 4.69) is 57.5 Å². The number of hydrogen-bond acceptors (Lipinski definition) is 2. The molecule has 0 bridgehead atoms. The molecule has 126 valence electrons. The maximum atomic E-state index is 14.5. The van der Waals surface area contributed by atoms with Crippen molar-refractivity contribution < 1.29 is 13.9 Å². The number of aliphatic hydroxyl groups excluding tert-OH is 1. The smallest absolute Gasteiger partial charge is 0.258 e. The van der Waals surface area contributed by atoms with Gasteiger partial charge in [0.25, 0.3) is 8.32 Å². The van der Waals surface area contributed by atoms with E-state index in [4.69, 9.17) is 4.43 Å². The predicted molar refractivity (Wildman–Crippen MR) is 96.6 cm³/mol. The highest BCUT2D eigenvalue weighted by Gasteiger charge is 2.47. The molecule has 0 spiro atoms. The molecule has 0 amide bonds. The van der Waals surface area contributed by atoms with Crippen LogP contribution in [0.4, 0.5) is 4.39 Å². The molecule has 0 radical (unpaired) electrons. The molecule has 0 fully saturated rings. The summed E-state index contributed by atoms with van der Waals surface area (Å²) in [5, 5.41) is 9.27. The molecule has 0 aromatic heterocycles. The van der Waals surface area contributed by atoms with Gasteiger partial charge in [0.15, 0.2) is 5.82 Å². The van der Waals surface area contributed by atoms with Gasteiger partial charge < -0.3 is 9.53 Å². The summed E-state index contributed by atoms with van der Waals surface area (Å²) in [5.41, 5.74) is 1.85. The molecule has 1 aromatic carbocycles. The molecule has 22 heavy (non-hydrogen) atoms. The van der Waals surface area contributed by atoms with Crippen LogP contribution in [0.15, 0.2) is 16.6 Å². The predicted octanol–water partition coefficient (Wildman–Crippen LogP) is 5.68. The van der Waals surface area contributed by atoms with Crippen LogP contribution in [-0.2, 0) is 6.42 Å². The quantitative estimate of drug-likeness (QED) is 0.606. The van der Waals surface area contributed by atoms with Gasteiger partial charge in [-0.25, -0.2) is 4.39 Å². The molecule has 0 aliphatic carbocycles. The second kappa shape index (κ2) is 7.93. The molecule has 5 heteroatoms. The summed E-state index contributed by atoms with van der Waals surface area (Å²) in [4.78, 5) is 0. The molecule has 0 saturated carbocycles. The first kappa shape index (κ1) is 19.7. The van der Waals surface area contributed by atoms with Crippen LogP contribution in [0.1, 0.15) is 47.1 Å². The number of halogens is 2. The second-order valence-corrected chi connectivity index (χ2v) is 13.1. The molecule has 0 atom stereocenters. The Kier molecular flexibility index (Phi) is 7.08. The van der Waals surface area contributed by atoms with Crippen LogP contribution in [-0.4, -0.2) is 20.0 Å². The van der Waals surface area contributed by atoms with E-state index >= 15 is 0 Å². The molecule has 0 unspecified atom stereocenters. The van der Waals surface area contributed by atoms with Gasteiger partial charge >= 0.3 is 0 Å². The van der Waals surface area contributed by atoms with Crippen LogP contribution in [0.5, 0.6) is 5.75 Å². The summed E-state index contributed by atoms with van der Waals surface area (Å²) >= 11 is 3.32. The van der Waals surface area contributed by atoms with E-state index < -0.39 is 8.32 Å². The van der Waals surface area contributed by atoms with E-state index in [9.17, 15) is 9.50 Å². The van der Waals surface area contributed by atoms with Gasteiger partial charge in [0, 0.05) is 11.1 Å². The summed E-state index contributed by atoms with van der Waals surface area (Å²) in [5.74, 6) is -0.0170. The van der Waals surface area contributed by atoms with Gasteiger partial charge in [-0.15, -0.1) is 0 Å². The van der Waals surface area contributed by atoms with E-state index in [0.29, 0.717) is 33.3 Å². The largest absolute Gasteiger partial charge is 0.541 e. The molecule has 1 aromatic rings. The zero-order valence-corrected chi connectivity index (χ0v) is 17.0. The number of rotatable bonds is 7. The lowest BCUT2D eigenvalue weighted by molar-refractivity contribution is 0.297. The Morgan fingerprint density at radius 3 is 2.00 bits per heavy atom. The summed E-state index contributed by atoms with van der Waals surface area (Å²) < 4.78 is 21.7. The van der Waals surface area contributed by atoms with Crippen LogP contribution in [0.2, 0.25) is 16.6 Å². The Hall–Kier alpha value is -0.393. The molecule has 0 aliphatic heterocycles. The summed E-state index contributed by atoms with van der Waals surface area (Å²) in [6.07, 6.45) is 0.393. The highest BCUT2D eigenvalue weighted by Crippen LogP contribution is 2.44. The first-order valence-corrected chi connectivity index (χ1v) is 10.9. The average Bonchev–Trinajstić information content (AvgIpc) is 2.36. The lowest BCUT2D eigenvalue weighted by Crippen LogP contribution is -2.51. The fraction of sp³-hybridized carbons (Fsp3) is 0.647. The Morgan fingerprint density at radius 1 is 1.09 bits per heavy atom. The molecule has 1 rings (SSSR count). The summed E-state index contributed by atoms with van der Waals surface area (Å²) in [7, 11) is -2.21. The first-order chi connectivity index (χ1) is 10.2. The van der Waals surface area contributed by atoms with Gasteiger partial charge in [-0.05, 0) is 40.7 Å². The molecule has 1 N–H and O–H groups in total. The van der Waals surface area contributed by atoms with Crippen LogP contribution in [0.25, 0.3) is 0 Å². The highest BCUT2D eigenvalue weighted by molar-refractivity contribution is 9.10. The minimum absolute atomic E-state index is 0.0220. The van der Waals surface area contributed by atoms with Crippen LogP contribution < -0.4 is 4.43 Å². The Bertz CT molecular complexity index is 482. The van der Waals surface area contributed by atoms with E-state index in [1.165, 1.54) is 6.07 Å². The van der Waals surface area contributed by atoms with Crippen molar-refractivity contribution in [3.63, 3.8) is 0 Å². The van der Waals surface area contributed by atoms with Gasteiger partial charge in [-0.3, -0.25) is 0 Å². The minimum Gasteiger partial charge on any atom is -0.541 e. The van der Waals surface area contributed by atoms with Crippen LogP contribution in [0, 0.1) is 5.82 Å². The van der Waals surface area contributed by atoms with Crippen molar-refractivity contribution in [3.05, 3.63) is 28.0 Å². The molecular formula is C17H28BrFO2Si. The van der Waals surface area contributed by atoms with Crippen molar-refractivity contribution in [1.29, 1.82) is 0 Å². The maximum absolute atomic E-state index is 14.5. The SMILES string of the molecule is CC(C)[Si](Oc1c(F)cc(Br)cc1CCO)(C(C)C)C(C)C. The van der Waals surface area contributed by atoms with E-state index in [1.807, 2.05) is 6.07 Å². The fourth-order valence-corrected chi connectivity index (χ4v) is 9.33. The number of hydrogen-bond donors (Lipinski definition) is 1. The molecule has 0 saturated heterocycles. The fourth-order valence-electron chi connectivity index (χ4n) is 3.56. The maximum Gasteiger partial charge on any atom is 0.258 e. The summed E-state index contributed by atoms with van der Waals surface area (Å²) in [6, 6.07) is 3.28. The molecule has 0 heterocycles. The number of aliphatic hydroxyl groups is 1. The van der Waals surface area contributed by atoms with Crippen molar-refractivity contribution in [2.75, 3.05) is 6.61 Å². The Labute approximate surface area is 143 Å². The van der Waals surface area contributed by atoms with Gasteiger partial charge in [-0.2, -0.15) is 0 Å². The van der Waals surface area contributed by atoms with E-state index in [-0.39, 0.29) is 12.4 Å². The third-order valence-electron chi connectivity index (χ3n) is 4.45. The number of benzene rings is 1. The molecular weight excluding hydrogens is 363 g/mol. The topological polar surface area (TPSA) is 29.5 Å². The lowest BCUT2D eigenvalue weighted by Gasteiger charge is -2.42. The van der Waals surface area contributed by atoms with Crippen LogP contribution >= 0.6 is 15.9 Å². The van der Waals surface area contributed by atoms with Gasteiger partial charge in [0.2, 0.25) is 0 Å². The molecule has 0 aliphatic rings. The Morgan fingerprint density at radius 2 is 1.59 bits per heavy atom. The van der Waals surface area contributed by atoms with Gasteiger partial charge in [0.05, 0.1) is 0 Å². The zero-order valence-electron chi connectivity index (χ0n) is 14.4. The van der Waals surface area contributed by atoms with Crippen molar-refractivity contribution >= 4 is 24.2 Å². The minimum atomic E-state index is -2.21. The van der Waals surface area contributed by atoms with Crippen molar-refractivity contribution in [2.45, 2.75) is 64.6 Å². The Balaban J connectivity index is 3.41. The summed E-state index contributed by atoms with van der Waals surface area (Å²) in [6.45, 7) is 13.0. The third kappa shape index (κ3) is 3.92. The average molecular weight is 391 g/mol. The zero-order chi connectivity index (χ0) is 17.1. The monoisotopic (exact) mass is 390 g/mol. The normalized spacial score (nSPS) is 12.5. The van der Waals surface area contributed by atoms with Crippen molar-refractivity contribution in [2.24, 2.45) is 0 Å². The highest BCUT2D eigenvalue weighted by atomic mass is 79.9. The van der Waals surface area contributed by atoms with E-state index in [0.717, 1.165) is 5.56 Å². The van der Waals surface area contributed by atoms with E-state index in [1.54, 1.807) is 0 Å². The van der Waals surface area contributed by atoms with Crippen molar-refractivity contribution in [3.8, 4) is 5.75 Å². The molecule has 2 nitrogen and oxygen atoms in total. The van der Waals surface area contributed by atoms with Crippen molar-refractivity contribution in [1.82, 2.24) is 0 Å². The van der Waals surface area contributed by atoms with Crippen LogP contribution in [0.3, 0.4) is 0 Å². The third-order valence-corrected chi connectivity index (χ3v) is 10.9. The van der Waals surface area contributed by atoms with Gasteiger partial charge in [-0.1, -0.05) is 57.5 Å².